The van der Waals surface area contributed by atoms with Gasteiger partial charge in [0.1, 0.15) is 0 Å². The summed E-state index contributed by atoms with van der Waals surface area (Å²) >= 11 is 0. The predicted molar refractivity (Wildman–Crippen MR) is 80.5 cm³/mol. The number of ether oxygens (including phenoxy) is 2. The Morgan fingerprint density at radius 1 is 1.30 bits per heavy atom. The molecule has 0 spiro atoms. The maximum atomic E-state index is 5.63. The maximum absolute atomic E-state index is 5.63. The van der Waals surface area contributed by atoms with Gasteiger partial charge in [-0.05, 0) is 20.8 Å². The van der Waals surface area contributed by atoms with Crippen molar-refractivity contribution in [2.24, 2.45) is 0 Å². The SMILES string of the molecule is COCCNCCN(C)c1nc(C)cc(OC(C)C)n1. The number of nitrogens with zero attached hydrogens (tertiary/aromatic N) is 3. The second-order valence-electron chi connectivity index (χ2n) is 4.98. The minimum absolute atomic E-state index is 0.109. The van der Waals surface area contributed by atoms with Crippen LogP contribution < -0.4 is 15.0 Å². The molecule has 1 aromatic heterocycles. The number of hydrogen-bond donors (Lipinski definition) is 1. The summed E-state index contributed by atoms with van der Waals surface area (Å²) < 4.78 is 10.6. The Hall–Kier alpha value is -1.40. The van der Waals surface area contributed by atoms with Crippen LogP contribution in [0, 0.1) is 6.92 Å². The fraction of sp³-hybridized carbons (Fsp3) is 0.714. The first-order valence-corrected chi connectivity index (χ1v) is 6.96. The average molecular weight is 282 g/mol. The quantitative estimate of drug-likeness (QED) is 0.688. The van der Waals surface area contributed by atoms with E-state index in [0.717, 1.165) is 31.9 Å². The van der Waals surface area contributed by atoms with E-state index in [0.29, 0.717) is 11.8 Å². The summed E-state index contributed by atoms with van der Waals surface area (Å²) in [6.45, 7) is 9.17. The normalized spacial score (nSPS) is 10.9. The summed E-state index contributed by atoms with van der Waals surface area (Å²) in [5.74, 6) is 1.32. The summed E-state index contributed by atoms with van der Waals surface area (Å²) in [6.07, 6.45) is 0.109. The smallest absolute Gasteiger partial charge is 0.228 e. The Morgan fingerprint density at radius 3 is 2.70 bits per heavy atom. The molecule has 0 saturated heterocycles. The van der Waals surface area contributed by atoms with E-state index in [2.05, 4.69) is 15.3 Å². The van der Waals surface area contributed by atoms with Crippen LogP contribution >= 0.6 is 0 Å². The Balaban J connectivity index is 2.53. The van der Waals surface area contributed by atoms with E-state index >= 15 is 0 Å². The molecule has 0 aromatic carbocycles. The highest BCUT2D eigenvalue weighted by Gasteiger charge is 2.08. The lowest BCUT2D eigenvalue weighted by Gasteiger charge is -2.19. The van der Waals surface area contributed by atoms with Gasteiger partial charge in [0.15, 0.2) is 0 Å². The van der Waals surface area contributed by atoms with Gasteiger partial charge in [0.2, 0.25) is 11.8 Å². The summed E-state index contributed by atoms with van der Waals surface area (Å²) in [4.78, 5) is 10.9. The van der Waals surface area contributed by atoms with Crippen LogP contribution in [0.2, 0.25) is 0 Å². The minimum Gasteiger partial charge on any atom is -0.475 e. The van der Waals surface area contributed by atoms with Gasteiger partial charge in [-0.3, -0.25) is 0 Å². The summed E-state index contributed by atoms with van der Waals surface area (Å²) in [5, 5.41) is 3.29. The standard InChI is InChI=1S/C14H26N4O2/c1-11(2)20-13-10-12(3)16-14(17-13)18(4)8-6-15-7-9-19-5/h10-11,15H,6-9H2,1-5H3. The van der Waals surface area contributed by atoms with Gasteiger partial charge in [0.05, 0.1) is 12.7 Å². The van der Waals surface area contributed by atoms with Crippen LogP contribution in [0.3, 0.4) is 0 Å². The van der Waals surface area contributed by atoms with Crippen molar-refractivity contribution in [3.8, 4) is 5.88 Å². The van der Waals surface area contributed by atoms with Gasteiger partial charge in [-0.25, -0.2) is 4.98 Å². The third-order valence-corrected chi connectivity index (χ3v) is 2.62. The second kappa shape index (κ2) is 8.71. The first-order chi connectivity index (χ1) is 9.52. The molecule has 1 N–H and O–H groups in total. The van der Waals surface area contributed by atoms with Gasteiger partial charge in [-0.2, -0.15) is 4.98 Å². The zero-order valence-corrected chi connectivity index (χ0v) is 13.1. The lowest BCUT2D eigenvalue weighted by atomic mass is 10.4. The van der Waals surface area contributed by atoms with E-state index in [1.165, 1.54) is 0 Å². The Kier molecular flexibility index (Phi) is 7.25. The van der Waals surface area contributed by atoms with Crippen molar-refractivity contribution in [2.75, 3.05) is 45.3 Å². The van der Waals surface area contributed by atoms with Crippen molar-refractivity contribution in [3.63, 3.8) is 0 Å². The summed E-state index contributed by atoms with van der Waals surface area (Å²) in [6, 6.07) is 1.86. The molecular formula is C14H26N4O2. The Labute approximate surface area is 121 Å². The van der Waals surface area contributed by atoms with Crippen LogP contribution in [0.5, 0.6) is 5.88 Å². The number of hydrogen-bond acceptors (Lipinski definition) is 6. The highest BCUT2D eigenvalue weighted by molar-refractivity contribution is 5.33. The molecule has 0 fully saturated rings. The van der Waals surface area contributed by atoms with E-state index in [1.807, 2.05) is 38.8 Å². The first-order valence-electron chi connectivity index (χ1n) is 6.96. The van der Waals surface area contributed by atoms with E-state index in [1.54, 1.807) is 7.11 Å². The lowest BCUT2D eigenvalue weighted by Crippen LogP contribution is -2.32. The molecule has 0 bridgehead atoms. The molecule has 0 aliphatic carbocycles. The number of methoxy groups -OCH3 is 1. The highest BCUT2D eigenvalue weighted by atomic mass is 16.5. The molecule has 20 heavy (non-hydrogen) atoms. The number of rotatable bonds is 9. The second-order valence-corrected chi connectivity index (χ2v) is 4.98. The van der Waals surface area contributed by atoms with Gasteiger partial charge < -0.3 is 19.7 Å². The molecule has 0 aliphatic heterocycles. The van der Waals surface area contributed by atoms with Gasteiger partial charge in [0.25, 0.3) is 0 Å². The molecule has 0 aliphatic rings. The largest absolute Gasteiger partial charge is 0.475 e. The van der Waals surface area contributed by atoms with Crippen LogP contribution in [0.4, 0.5) is 5.95 Å². The van der Waals surface area contributed by atoms with Crippen LogP contribution in [0.25, 0.3) is 0 Å². The van der Waals surface area contributed by atoms with Crippen molar-refractivity contribution < 1.29 is 9.47 Å². The zero-order valence-electron chi connectivity index (χ0n) is 13.1. The molecule has 6 nitrogen and oxygen atoms in total. The molecule has 0 atom stereocenters. The first kappa shape index (κ1) is 16.7. The molecule has 1 aromatic rings. The zero-order chi connectivity index (χ0) is 15.0. The van der Waals surface area contributed by atoms with E-state index in [4.69, 9.17) is 9.47 Å². The van der Waals surface area contributed by atoms with Crippen LogP contribution in [0.1, 0.15) is 19.5 Å². The van der Waals surface area contributed by atoms with Gasteiger partial charge in [-0.1, -0.05) is 0 Å². The number of anilines is 1. The number of aromatic nitrogens is 2. The molecular weight excluding hydrogens is 256 g/mol. The fourth-order valence-electron chi connectivity index (χ4n) is 1.64. The van der Waals surface area contributed by atoms with E-state index in [9.17, 15) is 0 Å². The number of likely N-dealkylation sites (N-methyl/N-ethyl adjacent to an activating group) is 1. The van der Waals surface area contributed by atoms with Crippen molar-refractivity contribution in [1.82, 2.24) is 15.3 Å². The van der Waals surface area contributed by atoms with Crippen molar-refractivity contribution in [3.05, 3.63) is 11.8 Å². The van der Waals surface area contributed by atoms with E-state index < -0.39 is 0 Å². The van der Waals surface area contributed by atoms with Crippen molar-refractivity contribution >= 4 is 5.95 Å². The average Bonchev–Trinajstić information content (AvgIpc) is 2.36. The van der Waals surface area contributed by atoms with Gasteiger partial charge in [0, 0.05) is 45.6 Å². The van der Waals surface area contributed by atoms with Gasteiger partial charge in [-0.15, -0.1) is 0 Å². The molecule has 0 unspecified atom stereocenters. The molecule has 0 radical (unpaired) electrons. The minimum atomic E-state index is 0.109. The van der Waals surface area contributed by atoms with Gasteiger partial charge >= 0.3 is 0 Å². The molecule has 0 saturated carbocycles. The Bertz CT molecular complexity index is 399. The molecule has 0 amide bonds. The van der Waals surface area contributed by atoms with Crippen molar-refractivity contribution in [2.45, 2.75) is 26.9 Å². The third-order valence-electron chi connectivity index (χ3n) is 2.62. The van der Waals surface area contributed by atoms with Crippen LogP contribution in [-0.4, -0.2) is 56.5 Å². The Morgan fingerprint density at radius 2 is 2.05 bits per heavy atom. The third kappa shape index (κ3) is 6.16. The monoisotopic (exact) mass is 282 g/mol. The van der Waals surface area contributed by atoms with E-state index in [-0.39, 0.29) is 6.10 Å². The van der Waals surface area contributed by atoms with Crippen molar-refractivity contribution in [1.29, 1.82) is 0 Å². The highest BCUT2D eigenvalue weighted by Crippen LogP contribution is 2.15. The topological polar surface area (TPSA) is 59.5 Å². The predicted octanol–water partition coefficient (Wildman–Crippen LogP) is 1.24. The van der Waals surface area contributed by atoms with Crippen LogP contribution in [-0.2, 0) is 4.74 Å². The number of nitrogens with one attached hydrogen (secondary N) is 1. The summed E-state index contributed by atoms with van der Waals surface area (Å²) in [5.41, 5.74) is 0.907. The molecule has 6 heteroatoms. The lowest BCUT2D eigenvalue weighted by molar-refractivity contribution is 0.200. The van der Waals surface area contributed by atoms with Crippen LogP contribution in [0.15, 0.2) is 6.07 Å². The molecule has 114 valence electrons. The molecule has 1 rings (SSSR count). The molecule has 1 heterocycles. The number of aryl methyl sites for hydroxylation is 1. The maximum Gasteiger partial charge on any atom is 0.228 e. The summed E-state index contributed by atoms with van der Waals surface area (Å²) in [7, 11) is 3.68. The fourth-order valence-corrected chi connectivity index (χ4v) is 1.64.